The molecule has 3 nitrogen and oxygen atoms in total. The number of benzene rings is 1. The van der Waals surface area contributed by atoms with Gasteiger partial charge in [0.05, 0.1) is 11.2 Å². The average molecular weight is 288 g/mol. The van der Waals surface area contributed by atoms with E-state index in [0.717, 1.165) is 18.4 Å². The molecule has 2 aliphatic rings. The molecule has 1 aromatic rings. The molecule has 0 aliphatic heterocycles. The van der Waals surface area contributed by atoms with Crippen molar-refractivity contribution in [1.29, 1.82) is 0 Å². The molecule has 0 radical (unpaired) electrons. The summed E-state index contributed by atoms with van der Waals surface area (Å²) in [6.07, 6.45) is 1.08. The smallest absolute Gasteiger partial charge is 0.338 e. The lowest BCUT2D eigenvalue weighted by atomic mass is 9.83. The molecule has 0 amide bonds. The summed E-state index contributed by atoms with van der Waals surface area (Å²) in [5.74, 6) is 0.795. The van der Waals surface area contributed by atoms with Gasteiger partial charge in [0.25, 0.3) is 0 Å². The lowest BCUT2D eigenvalue weighted by molar-refractivity contribution is -0.0986. The maximum absolute atomic E-state index is 12.4. The van der Waals surface area contributed by atoms with Crippen LogP contribution in [0, 0.1) is 24.2 Å². The highest BCUT2D eigenvalue weighted by Gasteiger charge is 2.64. The van der Waals surface area contributed by atoms with Crippen molar-refractivity contribution in [3.05, 3.63) is 35.4 Å². The van der Waals surface area contributed by atoms with Gasteiger partial charge in [0.2, 0.25) is 0 Å². The number of ether oxygens (including phenoxy) is 1. The van der Waals surface area contributed by atoms with Gasteiger partial charge in [-0.2, -0.15) is 0 Å². The van der Waals surface area contributed by atoms with Crippen molar-refractivity contribution < 1.29 is 14.6 Å². The quantitative estimate of drug-likeness (QED) is 0.849. The van der Waals surface area contributed by atoms with Gasteiger partial charge in [-0.05, 0) is 55.6 Å². The van der Waals surface area contributed by atoms with Crippen molar-refractivity contribution in [2.24, 2.45) is 17.3 Å². The summed E-state index contributed by atoms with van der Waals surface area (Å²) in [5.41, 5.74) is 0.842. The molecule has 114 valence electrons. The van der Waals surface area contributed by atoms with Gasteiger partial charge < -0.3 is 9.84 Å². The van der Waals surface area contributed by atoms with Crippen LogP contribution in [0.5, 0.6) is 0 Å². The molecule has 0 saturated heterocycles. The van der Waals surface area contributed by atoms with E-state index in [4.69, 9.17) is 4.74 Å². The summed E-state index contributed by atoms with van der Waals surface area (Å²) >= 11 is 0. The summed E-state index contributed by atoms with van der Waals surface area (Å²) < 4.78 is 5.67. The molecule has 0 bridgehead atoms. The van der Waals surface area contributed by atoms with Crippen LogP contribution in [-0.4, -0.2) is 22.8 Å². The van der Waals surface area contributed by atoms with E-state index in [0.29, 0.717) is 17.4 Å². The van der Waals surface area contributed by atoms with E-state index in [1.54, 1.807) is 13.0 Å². The molecule has 4 atom stereocenters. The Balaban J connectivity index is 1.75. The SMILES string of the molecule is Cc1ccccc1C(=O)O[C@@H]1C[C@@H]2[C@H](C[C@]1(C)O)C2(C)C. The number of aryl methyl sites for hydroxylation is 1. The van der Waals surface area contributed by atoms with Crippen molar-refractivity contribution in [3.8, 4) is 0 Å². The van der Waals surface area contributed by atoms with Crippen LogP contribution in [0.25, 0.3) is 0 Å². The Morgan fingerprint density at radius 2 is 1.90 bits per heavy atom. The number of rotatable bonds is 2. The molecule has 3 heteroatoms. The lowest BCUT2D eigenvalue weighted by Gasteiger charge is -2.36. The minimum absolute atomic E-state index is 0.272. The number of carbonyl (C=O) groups is 1. The van der Waals surface area contributed by atoms with Crippen LogP contribution in [0.2, 0.25) is 0 Å². The first-order valence-electron chi connectivity index (χ1n) is 7.72. The third kappa shape index (κ3) is 2.38. The van der Waals surface area contributed by atoms with Gasteiger partial charge in [-0.3, -0.25) is 0 Å². The summed E-state index contributed by atoms with van der Waals surface area (Å²) in [5, 5.41) is 10.7. The van der Waals surface area contributed by atoms with Crippen LogP contribution in [0.1, 0.15) is 49.5 Å². The molecular weight excluding hydrogens is 264 g/mol. The number of hydrogen-bond acceptors (Lipinski definition) is 3. The summed E-state index contributed by atoms with van der Waals surface area (Å²) in [6, 6.07) is 7.41. The maximum atomic E-state index is 12.4. The van der Waals surface area contributed by atoms with Gasteiger partial charge >= 0.3 is 5.97 Å². The van der Waals surface area contributed by atoms with E-state index >= 15 is 0 Å². The Kier molecular flexibility index (Phi) is 3.17. The molecule has 1 N–H and O–H groups in total. The molecule has 2 saturated carbocycles. The van der Waals surface area contributed by atoms with Gasteiger partial charge in [-0.1, -0.05) is 32.0 Å². The third-order valence-corrected chi connectivity index (χ3v) is 5.70. The van der Waals surface area contributed by atoms with Gasteiger partial charge in [-0.15, -0.1) is 0 Å². The Morgan fingerprint density at radius 1 is 1.24 bits per heavy atom. The van der Waals surface area contributed by atoms with Crippen molar-refractivity contribution in [1.82, 2.24) is 0 Å². The summed E-state index contributed by atoms with van der Waals surface area (Å²) in [7, 11) is 0. The fourth-order valence-electron chi connectivity index (χ4n) is 3.96. The standard InChI is InChI=1S/C18H24O3/c1-11-7-5-6-8-12(11)16(19)21-15-9-13-14(17(13,2)3)10-18(15,4)20/h5-8,13-15,20H,9-10H2,1-4H3/t13-,14+,15-,18+/m1/s1. The molecule has 1 aromatic carbocycles. The zero-order valence-corrected chi connectivity index (χ0v) is 13.2. The normalized spacial score (nSPS) is 36.7. The number of aliphatic hydroxyl groups is 1. The topological polar surface area (TPSA) is 46.5 Å². The summed E-state index contributed by atoms with van der Waals surface area (Å²) in [4.78, 5) is 12.4. The highest BCUT2D eigenvalue weighted by molar-refractivity contribution is 5.91. The van der Waals surface area contributed by atoms with E-state index in [1.165, 1.54) is 0 Å². The van der Waals surface area contributed by atoms with Crippen LogP contribution < -0.4 is 0 Å². The van der Waals surface area contributed by atoms with Crippen LogP contribution >= 0.6 is 0 Å². The molecule has 21 heavy (non-hydrogen) atoms. The highest BCUT2D eigenvalue weighted by atomic mass is 16.6. The van der Waals surface area contributed by atoms with Gasteiger partial charge in [-0.25, -0.2) is 4.79 Å². The molecule has 0 unspecified atom stereocenters. The fourth-order valence-corrected chi connectivity index (χ4v) is 3.96. The maximum Gasteiger partial charge on any atom is 0.338 e. The molecule has 2 aliphatic carbocycles. The van der Waals surface area contributed by atoms with Crippen LogP contribution in [0.4, 0.5) is 0 Å². The fraction of sp³-hybridized carbons (Fsp3) is 0.611. The Labute approximate surface area is 126 Å². The van der Waals surface area contributed by atoms with E-state index in [2.05, 4.69) is 13.8 Å². The van der Waals surface area contributed by atoms with E-state index in [9.17, 15) is 9.90 Å². The average Bonchev–Trinajstić information content (AvgIpc) is 2.90. The number of fused-ring (bicyclic) bond motifs is 1. The molecular formula is C18H24O3. The monoisotopic (exact) mass is 288 g/mol. The summed E-state index contributed by atoms with van der Waals surface area (Å²) in [6.45, 7) is 8.18. The third-order valence-electron chi connectivity index (χ3n) is 5.70. The molecule has 0 spiro atoms. The highest BCUT2D eigenvalue weighted by Crippen LogP contribution is 2.66. The van der Waals surface area contributed by atoms with Gasteiger partial charge in [0.15, 0.2) is 0 Å². The van der Waals surface area contributed by atoms with Gasteiger partial charge in [0.1, 0.15) is 6.10 Å². The van der Waals surface area contributed by atoms with Crippen LogP contribution in [0.3, 0.4) is 0 Å². The minimum atomic E-state index is -0.923. The first-order valence-corrected chi connectivity index (χ1v) is 7.72. The molecule has 2 fully saturated rings. The van der Waals surface area contributed by atoms with Gasteiger partial charge in [0, 0.05) is 0 Å². The second-order valence-corrected chi connectivity index (χ2v) is 7.54. The largest absolute Gasteiger partial charge is 0.456 e. The second-order valence-electron chi connectivity index (χ2n) is 7.54. The zero-order valence-electron chi connectivity index (χ0n) is 13.2. The Bertz CT molecular complexity index is 574. The predicted molar refractivity (Wildman–Crippen MR) is 81.0 cm³/mol. The van der Waals surface area contributed by atoms with Crippen molar-refractivity contribution in [3.63, 3.8) is 0 Å². The van der Waals surface area contributed by atoms with Crippen molar-refractivity contribution in [2.75, 3.05) is 0 Å². The molecule has 0 aromatic heterocycles. The number of esters is 1. The van der Waals surface area contributed by atoms with Crippen LogP contribution in [0.15, 0.2) is 24.3 Å². The number of carbonyl (C=O) groups excluding carboxylic acids is 1. The van der Waals surface area contributed by atoms with Crippen LogP contribution in [-0.2, 0) is 4.74 Å². The Hall–Kier alpha value is -1.35. The van der Waals surface area contributed by atoms with E-state index < -0.39 is 11.7 Å². The zero-order chi connectivity index (χ0) is 15.4. The predicted octanol–water partition coefficient (Wildman–Crippen LogP) is 3.34. The molecule has 0 heterocycles. The lowest BCUT2D eigenvalue weighted by Crippen LogP contribution is -2.45. The van der Waals surface area contributed by atoms with Crippen molar-refractivity contribution >= 4 is 5.97 Å². The first-order chi connectivity index (χ1) is 9.73. The first kappa shape index (κ1) is 14.6. The molecule has 3 rings (SSSR count). The Morgan fingerprint density at radius 3 is 2.57 bits per heavy atom. The number of hydrogen-bond donors (Lipinski definition) is 1. The van der Waals surface area contributed by atoms with Crippen molar-refractivity contribution in [2.45, 2.75) is 52.2 Å². The van der Waals surface area contributed by atoms with E-state index in [-0.39, 0.29) is 11.4 Å². The van der Waals surface area contributed by atoms with E-state index in [1.807, 2.05) is 25.1 Å². The minimum Gasteiger partial charge on any atom is -0.456 e. The second kappa shape index (κ2) is 4.57.